The van der Waals surface area contributed by atoms with Crippen molar-refractivity contribution < 1.29 is 14.4 Å². The number of carbonyl (C=O) groups excluding carboxylic acids is 3. The van der Waals surface area contributed by atoms with E-state index in [-0.39, 0.29) is 30.6 Å². The number of carbonyl (C=O) groups is 3. The van der Waals surface area contributed by atoms with Crippen molar-refractivity contribution in [3.8, 4) is 0 Å². The molecule has 1 aliphatic heterocycles. The Kier molecular flexibility index (Phi) is 4.86. The van der Waals surface area contributed by atoms with E-state index >= 15 is 0 Å². The largest absolute Gasteiger partial charge is 0.326 e. The Morgan fingerprint density at radius 3 is 2.64 bits per heavy atom. The van der Waals surface area contributed by atoms with Crippen LogP contribution in [0.5, 0.6) is 0 Å². The first-order valence-electron chi connectivity index (χ1n) is 7.92. The molecule has 25 heavy (non-hydrogen) atoms. The predicted molar refractivity (Wildman–Crippen MR) is 97.0 cm³/mol. The molecule has 1 aliphatic rings. The fraction of sp³-hybridized carbons (Fsp3) is 0.211. The Balaban J connectivity index is 1.72. The van der Waals surface area contributed by atoms with Gasteiger partial charge in [0.2, 0.25) is 11.8 Å². The van der Waals surface area contributed by atoms with Gasteiger partial charge in [0.25, 0.3) is 0 Å². The lowest BCUT2D eigenvalue weighted by Gasteiger charge is -2.18. The molecule has 0 saturated carbocycles. The molecule has 2 aromatic rings. The van der Waals surface area contributed by atoms with Gasteiger partial charge in [-0.05, 0) is 31.2 Å². The quantitative estimate of drug-likeness (QED) is 0.852. The summed E-state index contributed by atoms with van der Waals surface area (Å²) in [7, 11) is 0. The minimum absolute atomic E-state index is 0.0722. The van der Waals surface area contributed by atoms with Gasteiger partial charge in [-0.15, -0.1) is 0 Å². The summed E-state index contributed by atoms with van der Waals surface area (Å²) >= 11 is 6.15. The molecule has 3 rings (SSSR count). The summed E-state index contributed by atoms with van der Waals surface area (Å²) in [5.41, 5.74) is 1.68. The third-order valence-electron chi connectivity index (χ3n) is 4.18. The Hall–Kier alpha value is -2.66. The smallest absolute Gasteiger partial charge is 0.229 e. The van der Waals surface area contributed by atoms with Crippen molar-refractivity contribution in [2.24, 2.45) is 5.92 Å². The lowest BCUT2D eigenvalue weighted by molar-refractivity contribution is -0.122. The van der Waals surface area contributed by atoms with E-state index in [4.69, 9.17) is 11.6 Å². The zero-order valence-corrected chi connectivity index (χ0v) is 14.4. The summed E-state index contributed by atoms with van der Waals surface area (Å²) in [6, 6.07) is 13.8. The number of hydrogen-bond acceptors (Lipinski definition) is 3. The number of amides is 2. The summed E-state index contributed by atoms with van der Waals surface area (Å²) in [4.78, 5) is 37.8. The second kappa shape index (κ2) is 7.07. The minimum atomic E-state index is -0.468. The molecule has 0 radical (unpaired) electrons. The van der Waals surface area contributed by atoms with Crippen LogP contribution in [0, 0.1) is 5.92 Å². The first-order chi connectivity index (χ1) is 12.0. The summed E-state index contributed by atoms with van der Waals surface area (Å²) in [5.74, 6) is -0.920. The fourth-order valence-corrected chi connectivity index (χ4v) is 3.08. The van der Waals surface area contributed by atoms with Crippen LogP contribution in [0.3, 0.4) is 0 Å². The van der Waals surface area contributed by atoms with E-state index in [1.807, 2.05) is 0 Å². The Labute approximate surface area is 150 Å². The number of Topliss-reactive ketones (excluding diaryl/α,β-unsaturated/α-hetero) is 1. The van der Waals surface area contributed by atoms with Gasteiger partial charge in [0.15, 0.2) is 5.78 Å². The number of para-hydroxylation sites is 1. The SMILES string of the molecule is CC(=O)c1cccc(NC(=O)[C@@H]2CC(=O)N(c3ccccc3Cl)C2)c1. The third kappa shape index (κ3) is 3.72. The summed E-state index contributed by atoms with van der Waals surface area (Å²) in [6.07, 6.45) is 0.128. The van der Waals surface area contributed by atoms with Crippen LogP contribution in [-0.4, -0.2) is 24.1 Å². The van der Waals surface area contributed by atoms with Gasteiger partial charge in [-0.25, -0.2) is 0 Å². The first-order valence-corrected chi connectivity index (χ1v) is 8.30. The van der Waals surface area contributed by atoms with Crippen LogP contribution < -0.4 is 10.2 Å². The molecule has 1 heterocycles. The van der Waals surface area contributed by atoms with Gasteiger partial charge in [0.1, 0.15) is 0 Å². The zero-order valence-electron chi connectivity index (χ0n) is 13.7. The number of rotatable bonds is 4. The molecule has 1 N–H and O–H groups in total. The second-order valence-electron chi connectivity index (χ2n) is 5.98. The van der Waals surface area contributed by atoms with Gasteiger partial charge in [-0.3, -0.25) is 14.4 Å². The highest BCUT2D eigenvalue weighted by atomic mass is 35.5. The van der Waals surface area contributed by atoms with Crippen LogP contribution in [-0.2, 0) is 9.59 Å². The highest BCUT2D eigenvalue weighted by Gasteiger charge is 2.35. The Morgan fingerprint density at radius 1 is 1.16 bits per heavy atom. The second-order valence-corrected chi connectivity index (χ2v) is 6.39. The van der Waals surface area contributed by atoms with Crippen molar-refractivity contribution in [3.05, 3.63) is 59.1 Å². The van der Waals surface area contributed by atoms with Crippen LogP contribution >= 0.6 is 11.6 Å². The molecule has 0 bridgehead atoms. The maximum atomic E-state index is 12.5. The molecule has 0 aliphatic carbocycles. The molecule has 2 aromatic carbocycles. The van der Waals surface area contributed by atoms with Gasteiger partial charge in [-0.2, -0.15) is 0 Å². The molecule has 0 unspecified atom stereocenters. The van der Waals surface area contributed by atoms with E-state index in [9.17, 15) is 14.4 Å². The van der Waals surface area contributed by atoms with Gasteiger partial charge in [-0.1, -0.05) is 35.9 Å². The lowest BCUT2D eigenvalue weighted by atomic mass is 10.1. The maximum absolute atomic E-state index is 12.5. The number of nitrogens with one attached hydrogen (secondary N) is 1. The summed E-state index contributed by atoms with van der Waals surface area (Å²) < 4.78 is 0. The summed E-state index contributed by atoms with van der Waals surface area (Å²) in [6.45, 7) is 1.75. The van der Waals surface area contributed by atoms with Crippen LogP contribution in [0.2, 0.25) is 5.02 Å². The van der Waals surface area contributed by atoms with Gasteiger partial charge >= 0.3 is 0 Å². The normalized spacial score (nSPS) is 16.8. The molecule has 5 nitrogen and oxygen atoms in total. The van der Waals surface area contributed by atoms with Gasteiger partial charge < -0.3 is 10.2 Å². The van der Waals surface area contributed by atoms with E-state index in [0.29, 0.717) is 22.0 Å². The maximum Gasteiger partial charge on any atom is 0.229 e. The molecule has 0 aromatic heterocycles. The Morgan fingerprint density at radius 2 is 1.92 bits per heavy atom. The predicted octanol–water partition coefficient (Wildman–Crippen LogP) is 3.53. The third-order valence-corrected chi connectivity index (χ3v) is 4.50. The van der Waals surface area contributed by atoms with Crippen molar-refractivity contribution in [2.45, 2.75) is 13.3 Å². The highest BCUT2D eigenvalue weighted by Crippen LogP contribution is 2.31. The lowest BCUT2D eigenvalue weighted by Crippen LogP contribution is -2.28. The molecular weight excluding hydrogens is 340 g/mol. The minimum Gasteiger partial charge on any atom is -0.326 e. The molecule has 1 atom stereocenters. The number of nitrogens with zero attached hydrogens (tertiary/aromatic N) is 1. The first kappa shape index (κ1) is 17.2. The van der Waals surface area contributed by atoms with Crippen molar-refractivity contribution in [1.29, 1.82) is 0 Å². The molecule has 128 valence electrons. The van der Waals surface area contributed by atoms with Crippen molar-refractivity contribution in [3.63, 3.8) is 0 Å². The van der Waals surface area contributed by atoms with Crippen molar-refractivity contribution >= 4 is 40.6 Å². The van der Waals surface area contributed by atoms with Crippen LogP contribution in [0.15, 0.2) is 48.5 Å². The highest BCUT2D eigenvalue weighted by molar-refractivity contribution is 6.33. The average molecular weight is 357 g/mol. The molecular formula is C19H17ClN2O3. The summed E-state index contributed by atoms with van der Waals surface area (Å²) in [5, 5.41) is 3.26. The standard InChI is InChI=1S/C19H17ClN2O3/c1-12(23)13-5-4-6-15(9-13)21-19(25)14-10-18(24)22(11-14)17-8-3-2-7-16(17)20/h2-9,14H,10-11H2,1H3,(H,21,25)/t14-/m1/s1. The molecule has 1 saturated heterocycles. The van der Waals surface area contributed by atoms with Crippen LogP contribution in [0.25, 0.3) is 0 Å². The number of benzene rings is 2. The van der Waals surface area contributed by atoms with Crippen LogP contribution in [0.4, 0.5) is 11.4 Å². The average Bonchev–Trinajstić information content (AvgIpc) is 2.97. The van der Waals surface area contributed by atoms with E-state index in [0.717, 1.165) is 0 Å². The van der Waals surface area contributed by atoms with Crippen molar-refractivity contribution in [1.82, 2.24) is 0 Å². The van der Waals surface area contributed by atoms with Crippen molar-refractivity contribution in [2.75, 3.05) is 16.8 Å². The van der Waals surface area contributed by atoms with E-state index in [1.54, 1.807) is 53.4 Å². The molecule has 6 heteroatoms. The van der Waals surface area contributed by atoms with Crippen LogP contribution in [0.1, 0.15) is 23.7 Å². The number of halogens is 1. The Bertz CT molecular complexity index is 850. The van der Waals surface area contributed by atoms with E-state index in [1.165, 1.54) is 6.92 Å². The van der Waals surface area contributed by atoms with E-state index < -0.39 is 5.92 Å². The molecule has 2 amide bonds. The number of hydrogen-bond donors (Lipinski definition) is 1. The topological polar surface area (TPSA) is 66.5 Å². The fourth-order valence-electron chi connectivity index (χ4n) is 2.85. The number of anilines is 2. The number of ketones is 1. The molecule has 0 spiro atoms. The van der Waals surface area contributed by atoms with E-state index in [2.05, 4.69) is 5.32 Å². The van der Waals surface area contributed by atoms with Gasteiger partial charge in [0, 0.05) is 24.2 Å². The monoisotopic (exact) mass is 356 g/mol. The van der Waals surface area contributed by atoms with Gasteiger partial charge in [0.05, 0.1) is 16.6 Å². The zero-order chi connectivity index (χ0) is 18.0. The molecule has 1 fully saturated rings.